The Balaban J connectivity index is 2.68. The molecule has 1 aromatic rings. The van der Waals surface area contributed by atoms with Crippen LogP contribution < -0.4 is 10.9 Å². The summed E-state index contributed by atoms with van der Waals surface area (Å²) in [5.41, 5.74) is -0.179. The number of nitrogens with zero attached hydrogens (tertiary/aromatic N) is 2. The monoisotopic (exact) mass is 357 g/mol. The molecule has 0 aliphatic carbocycles. The summed E-state index contributed by atoms with van der Waals surface area (Å²) in [6, 6.07) is 3.21. The highest BCUT2D eigenvalue weighted by molar-refractivity contribution is 9.10. The molecule has 1 amide bonds. The van der Waals surface area contributed by atoms with Crippen LogP contribution in [0.1, 0.15) is 20.3 Å². The molecule has 0 saturated carbocycles. The first-order valence-corrected chi connectivity index (χ1v) is 7.87. The molecule has 1 heterocycles. The zero-order valence-electron chi connectivity index (χ0n) is 13.1. The van der Waals surface area contributed by atoms with Gasteiger partial charge in [-0.3, -0.25) is 9.59 Å². The fraction of sp³-hybridized carbons (Fsp3) is 0.600. The Hall–Kier alpha value is -1.14. The molecule has 1 aromatic heterocycles. The molecular weight excluding hydrogens is 334 g/mol. The molecule has 21 heavy (non-hydrogen) atoms. The number of hydrogen-bond donors (Lipinski definition) is 1. The quantitative estimate of drug-likeness (QED) is 0.807. The van der Waals surface area contributed by atoms with Crippen molar-refractivity contribution in [1.82, 2.24) is 14.8 Å². The summed E-state index contributed by atoms with van der Waals surface area (Å²) < 4.78 is 2.18. The summed E-state index contributed by atoms with van der Waals surface area (Å²) in [5.74, 6) is 0.367. The maximum Gasteiger partial charge on any atom is 0.251 e. The van der Waals surface area contributed by atoms with Gasteiger partial charge in [0.05, 0.1) is 0 Å². The predicted molar refractivity (Wildman–Crippen MR) is 88.3 cm³/mol. The number of likely N-dealkylation sites (N-methyl/N-ethyl adjacent to an activating group) is 1. The normalized spacial score (nSPS) is 12.7. The van der Waals surface area contributed by atoms with Gasteiger partial charge in [-0.15, -0.1) is 0 Å². The van der Waals surface area contributed by atoms with E-state index in [0.29, 0.717) is 5.92 Å². The lowest BCUT2D eigenvalue weighted by Crippen LogP contribution is -2.44. The fourth-order valence-corrected chi connectivity index (χ4v) is 2.62. The number of nitrogens with one attached hydrogen (secondary N) is 1. The standard InChI is InChI=1S/C15H24BrN3O2/c1-11(2)7-13(9-18(3)4)17-14(20)10-19-8-12(16)5-6-15(19)21/h5-6,8,11,13H,7,9-10H2,1-4H3,(H,17,20)/t13-/m0/s1. The molecule has 1 N–H and O–H groups in total. The Morgan fingerprint density at radius 3 is 2.62 bits per heavy atom. The SMILES string of the molecule is CC(C)C[C@@H](CN(C)C)NC(=O)Cn1cc(Br)ccc1=O. The van der Waals surface area contributed by atoms with Crippen LogP contribution in [0.15, 0.2) is 27.6 Å². The molecule has 0 bridgehead atoms. The molecule has 1 atom stereocenters. The summed E-state index contributed by atoms with van der Waals surface area (Å²) in [5, 5.41) is 3.02. The molecule has 6 heteroatoms. The van der Waals surface area contributed by atoms with Crippen LogP contribution in [-0.4, -0.2) is 42.1 Å². The van der Waals surface area contributed by atoms with Gasteiger partial charge in [0.1, 0.15) is 6.54 Å². The third-order valence-corrected chi connectivity index (χ3v) is 3.44. The van der Waals surface area contributed by atoms with Gasteiger partial charge in [-0.1, -0.05) is 13.8 Å². The minimum Gasteiger partial charge on any atom is -0.351 e. The third kappa shape index (κ3) is 6.91. The average molecular weight is 358 g/mol. The van der Waals surface area contributed by atoms with Gasteiger partial charge in [-0.05, 0) is 48.4 Å². The molecule has 0 aliphatic rings. The number of carbonyl (C=O) groups excluding carboxylic acids is 1. The predicted octanol–water partition coefficient (Wildman–Crippen LogP) is 1.70. The van der Waals surface area contributed by atoms with Gasteiger partial charge in [0, 0.05) is 29.3 Å². The summed E-state index contributed by atoms with van der Waals surface area (Å²) in [6.07, 6.45) is 2.54. The Morgan fingerprint density at radius 1 is 1.38 bits per heavy atom. The van der Waals surface area contributed by atoms with E-state index in [-0.39, 0.29) is 24.1 Å². The maximum absolute atomic E-state index is 12.1. The van der Waals surface area contributed by atoms with Crippen LogP contribution in [0.5, 0.6) is 0 Å². The Morgan fingerprint density at radius 2 is 2.05 bits per heavy atom. The van der Waals surface area contributed by atoms with Crippen molar-refractivity contribution in [2.24, 2.45) is 5.92 Å². The first-order chi connectivity index (χ1) is 9.77. The van der Waals surface area contributed by atoms with Crippen molar-refractivity contribution in [3.8, 4) is 0 Å². The fourth-order valence-electron chi connectivity index (χ4n) is 2.24. The van der Waals surface area contributed by atoms with Gasteiger partial charge in [-0.25, -0.2) is 0 Å². The number of pyridine rings is 1. The van der Waals surface area contributed by atoms with Crippen LogP contribution in [0, 0.1) is 5.92 Å². The van der Waals surface area contributed by atoms with Crippen molar-refractivity contribution in [3.05, 3.63) is 33.2 Å². The van der Waals surface area contributed by atoms with E-state index in [9.17, 15) is 9.59 Å². The topological polar surface area (TPSA) is 54.3 Å². The van der Waals surface area contributed by atoms with E-state index in [0.717, 1.165) is 17.4 Å². The minimum absolute atomic E-state index is 0.0420. The second kappa shape index (κ2) is 8.34. The largest absolute Gasteiger partial charge is 0.351 e. The van der Waals surface area contributed by atoms with E-state index in [4.69, 9.17) is 0 Å². The van der Waals surface area contributed by atoms with Crippen molar-refractivity contribution >= 4 is 21.8 Å². The van der Waals surface area contributed by atoms with Crippen molar-refractivity contribution in [3.63, 3.8) is 0 Å². The minimum atomic E-state index is -0.179. The number of aromatic nitrogens is 1. The van der Waals surface area contributed by atoms with E-state index < -0.39 is 0 Å². The lowest BCUT2D eigenvalue weighted by atomic mass is 10.0. The third-order valence-electron chi connectivity index (χ3n) is 2.97. The maximum atomic E-state index is 12.1. The van der Waals surface area contributed by atoms with E-state index in [1.807, 2.05) is 14.1 Å². The van der Waals surface area contributed by atoms with E-state index >= 15 is 0 Å². The summed E-state index contributed by atoms with van der Waals surface area (Å²) >= 11 is 3.30. The molecule has 0 radical (unpaired) electrons. The Kier molecular flexibility index (Phi) is 7.11. The molecule has 0 saturated heterocycles. The zero-order valence-corrected chi connectivity index (χ0v) is 14.7. The summed E-state index contributed by atoms with van der Waals surface area (Å²) in [7, 11) is 3.97. The number of rotatable bonds is 7. The van der Waals surface area contributed by atoms with Crippen LogP contribution in [0.25, 0.3) is 0 Å². The van der Waals surface area contributed by atoms with E-state index in [1.165, 1.54) is 10.6 Å². The molecule has 0 aromatic carbocycles. The number of hydrogen-bond acceptors (Lipinski definition) is 3. The summed E-state index contributed by atoms with van der Waals surface area (Å²) in [6.45, 7) is 5.10. The molecule has 118 valence electrons. The summed E-state index contributed by atoms with van der Waals surface area (Å²) in [4.78, 5) is 25.9. The van der Waals surface area contributed by atoms with Crippen LogP contribution >= 0.6 is 15.9 Å². The van der Waals surface area contributed by atoms with Gasteiger partial charge in [0.2, 0.25) is 5.91 Å². The molecule has 0 spiro atoms. The highest BCUT2D eigenvalue weighted by Gasteiger charge is 2.15. The van der Waals surface area contributed by atoms with E-state index in [1.54, 1.807) is 12.3 Å². The van der Waals surface area contributed by atoms with Crippen LogP contribution in [0.3, 0.4) is 0 Å². The van der Waals surface area contributed by atoms with Gasteiger partial charge in [-0.2, -0.15) is 0 Å². The van der Waals surface area contributed by atoms with Crippen molar-refractivity contribution in [2.45, 2.75) is 32.9 Å². The first kappa shape index (κ1) is 17.9. The van der Waals surface area contributed by atoms with Gasteiger partial charge >= 0.3 is 0 Å². The molecule has 1 rings (SSSR count). The average Bonchev–Trinajstić information content (AvgIpc) is 2.31. The Bertz CT molecular complexity index is 516. The van der Waals surface area contributed by atoms with Gasteiger partial charge in [0.25, 0.3) is 5.56 Å². The highest BCUT2D eigenvalue weighted by atomic mass is 79.9. The number of carbonyl (C=O) groups is 1. The van der Waals surface area contributed by atoms with Crippen LogP contribution in [-0.2, 0) is 11.3 Å². The molecular formula is C15H24BrN3O2. The number of halogens is 1. The first-order valence-electron chi connectivity index (χ1n) is 7.08. The molecule has 0 aliphatic heterocycles. The lowest BCUT2D eigenvalue weighted by Gasteiger charge is -2.24. The lowest BCUT2D eigenvalue weighted by molar-refractivity contribution is -0.122. The van der Waals surface area contributed by atoms with Crippen molar-refractivity contribution in [1.29, 1.82) is 0 Å². The molecule has 5 nitrogen and oxygen atoms in total. The zero-order chi connectivity index (χ0) is 16.0. The highest BCUT2D eigenvalue weighted by Crippen LogP contribution is 2.07. The van der Waals surface area contributed by atoms with Gasteiger partial charge in [0.15, 0.2) is 0 Å². The second-order valence-corrected chi connectivity index (χ2v) is 6.89. The smallest absolute Gasteiger partial charge is 0.251 e. The van der Waals surface area contributed by atoms with Crippen molar-refractivity contribution in [2.75, 3.05) is 20.6 Å². The van der Waals surface area contributed by atoms with E-state index in [2.05, 4.69) is 40.0 Å². The van der Waals surface area contributed by atoms with Gasteiger partial charge < -0.3 is 14.8 Å². The van der Waals surface area contributed by atoms with Crippen LogP contribution in [0.4, 0.5) is 0 Å². The van der Waals surface area contributed by atoms with Crippen LogP contribution in [0.2, 0.25) is 0 Å². The molecule has 0 unspecified atom stereocenters. The second-order valence-electron chi connectivity index (χ2n) is 5.97. The Labute approximate surface area is 134 Å². The number of amides is 1. The molecule has 0 fully saturated rings. The van der Waals surface area contributed by atoms with Crippen molar-refractivity contribution < 1.29 is 4.79 Å².